The van der Waals surface area contributed by atoms with Crippen LogP contribution in [0.4, 0.5) is 22.0 Å². The summed E-state index contributed by atoms with van der Waals surface area (Å²) in [6.45, 7) is 0. The van der Waals surface area contributed by atoms with Gasteiger partial charge < -0.3 is 0 Å². The van der Waals surface area contributed by atoms with Gasteiger partial charge in [-0.15, -0.1) is 11.3 Å². The van der Waals surface area contributed by atoms with E-state index < -0.39 is 41.6 Å². The first-order valence-electron chi connectivity index (χ1n) is 5.14. The van der Waals surface area contributed by atoms with Crippen LogP contribution in [0.5, 0.6) is 0 Å². The van der Waals surface area contributed by atoms with Crippen LogP contribution in [0.15, 0.2) is 6.20 Å². The first-order valence-corrected chi connectivity index (χ1v) is 5.96. The van der Waals surface area contributed by atoms with Gasteiger partial charge in [0.15, 0.2) is 10.8 Å². The van der Waals surface area contributed by atoms with Crippen LogP contribution >= 0.6 is 11.3 Å². The van der Waals surface area contributed by atoms with E-state index >= 15 is 0 Å². The molecule has 1 fully saturated rings. The number of carbonyl (C=O) groups excluding carboxylic acids is 1. The maximum Gasteiger partial charge on any atom is 0.443 e. The highest BCUT2D eigenvalue weighted by atomic mass is 32.1. The van der Waals surface area contributed by atoms with Crippen molar-refractivity contribution in [2.75, 3.05) is 0 Å². The fourth-order valence-electron chi connectivity index (χ4n) is 1.89. The van der Waals surface area contributed by atoms with Crippen molar-refractivity contribution < 1.29 is 26.7 Å². The zero-order valence-electron chi connectivity index (χ0n) is 8.93. The molecule has 100 valence electrons. The van der Waals surface area contributed by atoms with Crippen molar-refractivity contribution in [1.29, 1.82) is 0 Å². The number of hydrogen-bond acceptors (Lipinski definition) is 3. The minimum Gasteiger partial charge on any atom is -0.293 e. The maximum atomic E-state index is 12.9. The Kier molecular flexibility index (Phi) is 3.16. The quantitative estimate of drug-likeness (QED) is 0.611. The molecule has 0 saturated heterocycles. The van der Waals surface area contributed by atoms with Gasteiger partial charge in [-0.25, -0.2) is 13.8 Å². The summed E-state index contributed by atoms with van der Waals surface area (Å²) in [5, 5.41) is -1.13. The van der Waals surface area contributed by atoms with Gasteiger partial charge in [-0.1, -0.05) is 0 Å². The van der Waals surface area contributed by atoms with E-state index in [0.717, 1.165) is 6.20 Å². The summed E-state index contributed by atoms with van der Waals surface area (Å²) >= 11 is 0.204. The van der Waals surface area contributed by atoms with Crippen LogP contribution in [0.1, 0.15) is 33.9 Å². The van der Waals surface area contributed by atoms with Crippen molar-refractivity contribution in [2.24, 2.45) is 5.92 Å². The zero-order valence-corrected chi connectivity index (χ0v) is 9.75. The van der Waals surface area contributed by atoms with Gasteiger partial charge in [0.05, 0.1) is 4.88 Å². The van der Waals surface area contributed by atoms with Crippen molar-refractivity contribution in [1.82, 2.24) is 4.98 Å². The minimum absolute atomic E-state index is 0.00504. The second-order valence-corrected chi connectivity index (χ2v) is 5.22. The highest BCUT2D eigenvalue weighted by molar-refractivity contribution is 7.13. The number of alkyl halides is 5. The van der Waals surface area contributed by atoms with Gasteiger partial charge in [-0.05, 0) is 6.42 Å². The van der Waals surface area contributed by atoms with Gasteiger partial charge in [0.2, 0.25) is 5.92 Å². The third kappa shape index (κ3) is 2.68. The Morgan fingerprint density at radius 2 is 2.11 bits per heavy atom. The molecule has 0 N–H and O–H groups in total. The fraction of sp³-hybridized carbons (Fsp3) is 0.600. The predicted octanol–water partition coefficient (Wildman–Crippen LogP) is 3.78. The summed E-state index contributed by atoms with van der Waals surface area (Å²) in [5.74, 6) is -4.46. The largest absolute Gasteiger partial charge is 0.443 e. The molecule has 1 saturated carbocycles. The number of nitrogens with zero attached hydrogens (tertiary/aromatic N) is 1. The Hall–Kier alpha value is -1.05. The molecule has 1 unspecified atom stereocenters. The molecular weight excluding hydrogens is 277 g/mol. The number of carbonyl (C=O) groups is 1. The number of thiazole rings is 1. The Morgan fingerprint density at radius 1 is 1.44 bits per heavy atom. The van der Waals surface area contributed by atoms with E-state index in [1.165, 1.54) is 0 Å². The van der Waals surface area contributed by atoms with E-state index in [2.05, 4.69) is 4.98 Å². The molecule has 0 aromatic carbocycles. The molecule has 0 amide bonds. The lowest BCUT2D eigenvalue weighted by Gasteiger charge is -2.08. The maximum absolute atomic E-state index is 12.9. The summed E-state index contributed by atoms with van der Waals surface area (Å²) < 4.78 is 62.7. The normalized spacial score (nSPS) is 23.3. The number of aromatic nitrogens is 1. The van der Waals surface area contributed by atoms with Crippen molar-refractivity contribution >= 4 is 17.1 Å². The van der Waals surface area contributed by atoms with Crippen molar-refractivity contribution in [3.05, 3.63) is 16.1 Å². The summed E-state index contributed by atoms with van der Waals surface area (Å²) in [5.41, 5.74) is 0. The smallest absolute Gasteiger partial charge is 0.293 e. The summed E-state index contributed by atoms with van der Waals surface area (Å²) in [6.07, 6.45) is -4.78. The lowest BCUT2D eigenvalue weighted by molar-refractivity contribution is -0.137. The number of ketones is 1. The first-order chi connectivity index (χ1) is 8.19. The molecule has 1 heterocycles. The zero-order chi connectivity index (χ0) is 13.6. The highest BCUT2D eigenvalue weighted by Crippen LogP contribution is 2.41. The van der Waals surface area contributed by atoms with Crippen molar-refractivity contribution in [3.63, 3.8) is 0 Å². The second-order valence-electron chi connectivity index (χ2n) is 4.19. The first kappa shape index (κ1) is 13.4. The van der Waals surface area contributed by atoms with E-state index in [1.54, 1.807) is 0 Å². The standard InChI is InChI=1S/C10H8F5NOS/c11-9(12)2-1-5(3-9)7(17)6-4-16-8(18-6)10(13,14)15/h4-5H,1-3H2. The fourth-order valence-corrected chi connectivity index (χ4v) is 2.70. The molecule has 1 aromatic heterocycles. The van der Waals surface area contributed by atoms with Crippen LogP contribution in [0, 0.1) is 5.92 Å². The predicted molar refractivity (Wildman–Crippen MR) is 53.7 cm³/mol. The van der Waals surface area contributed by atoms with Crippen LogP contribution in [-0.2, 0) is 6.18 Å². The van der Waals surface area contributed by atoms with Crippen LogP contribution in [-0.4, -0.2) is 16.7 Å². The molecular formula is C10H8F5NOS. The SMILES string of the molecule is O=C(c1cnc(C(F)(F)F)s1)C1CCC(F)(F)C1. The number of Topliss-reactive ketones (excluding diaryl/α,β-unsaturated/α-hetero) is 1. The molecule has 0 aliphatic heterocycles. The molecule has 0 bridgehead atoms. The van der Waals surface area contributed by atoms with Gasteiger partial charge in [0.1, 0.15) is 0 Å². The number of hydrogen-bond donors (Lipinski definition) is 0. The second kappa shape index (κ2) is 4.25. The van der Waals surface area contributed by atoms with Gasteiger partial charge >= 0.3 is 6.18 Å². The van der Waals surface area contributed by atoms with E-state index in [1.807, 2.05) is 0 Å². The van der Waals surface area contributed by atoms with E-state index in [-0.39, 0.29) is 22.6 Å². The summed E-state index contributed by atoms with van der Waals surface area (Å²) in [6, 6.07) is 0. The van der Waals surface area contributed by atoms with E-state index in [0.29, 0.717) is 0 Å². The van der Waals surface area contributed by atoms with Gasteiger partial charge in [0, 0.05) is 25.0 Å². The van der Waals surface area contributed by atoms with Gasteiger partial charge in [-0.3, -0.25) is 4.79 Å². The van der Waals surface area contributed by atoms with Crippen molar-refractivity contribution in [2.45, 2.75) is 31.4 Å². The van der Waals surface area contributed by atoms with Crippen molar-refractivity contribution in [3.8, 4) is 0 Å². The van der Waals surface area contributed by atoms with Gasteiger partial charge in [-0.2, -0.15) is 13.2 Å². The molecule has 18 heavy (non-hydrogen) atoms. The molecule has 1 aliphatic carbocycles. The average Bonchev–Trinajstić information content (AvgIpc) is 2.82. The monoisotopic (exact) mass is 285 g/mol. The Bertz CT molecular complexity index is 467. The summed E-state index contributed by atoms with van der Waals surface area (Å²) in [4.78, 5) is 14.6. The lowest BCUT2D eigenvalue weighted by Crippen LogP contribution is -2.14. The Balaban J connectivity index is 2.13. The summed E-state index contributed by atoms with van der Waals surface area (Å²) in [7, 11) is 0. The Morgan fingerprint density at radius 3 is 2.56 bits per heavy atom. The van der Waals surface area contributed by atoms with E-state index in [4.69, 9.17) is 0 Å². The van der Waals surface area contributed by atoms with Crippen LogP contribution in [0.2, 0.25) is 0 Å². The molecule has 0 radical (unpaired) electrons. The molecule has 1 aliphatic rings. The number of rotatable bonds is 2. The van der Waals surface area contributed by atoms with E-state index in [9.17, 15) is 26.7 Å². The Labute approximate surface area is 103 Å². The minimum atomic E-state index is -4.61. The lowest BCUT2D eigenvalue weighted by atomic mass is 10.0. The average molecular weight is 285 g/mol. The highest BCUT2D eigenvalue weighted by Gasteiger charge is 2.43. The molecule has 1 atom stereocenters. The van der Waals surface area contributed by atoms with Gasteiger partial charge in [0.25, 0.3) is 0 Å². The van der Waals surface area contributed by atoms with Crippen LogP contribution in [0.3, 0.4) is 0 Å². The molecule has 8 heteroatoms. The van der Waals surface area contributed by atoms with Crippen LogP contribution in [0.25, 0.3) is 0 Å². The number of halogens is 5. The molecule has 2 nitrogen and oxygen atoms in total. The third-order valence-electron chi connectivity index (χ3n) is 2.77. The third-order valence-corrected chi connectivity index (χ3v) is 3.82. The van der Waals surface area contributed by atoms with Crippen LogP contribution < -0.4 is 0 Å². The molecule has 1 aromatic rings. The molecule has 2 rings (SSSR count). The topological polar surface area (TPSA) is 30.0 Å². The molecule has 0 spiro atoms.